The van der Waals surface area contributed by atoms with Gasteiger partial charge in [-0.2, -0.15) is 0 Å². The second kappa shape index (κ2) is 6.78. The molecule has 17 heavy (non-hydrogen) atoms. The molecule has 0 fully saturated rings. The molecule has 0 saturated carbocycles. The predicted molar refractivity (Wildman–Crippen MR) is 64.5 cm³/mol. The largest absolute Gasteiger partial charge is 0.492 e. The van der Waals surface area contributed by atoms with Crippen LogP contribution in [0.2, 0.25) is 0 Å². The average molecular weight is 239 g/mol. The summed E-state index contributed by atoms with van der Waals surface area (Å²) in [7, 11) is 1.60. The Morgan fingerprint density at radius 3 is 2.53 bits per heavy atom. The fourth-order valence-electron chi connectivity index (χ4n) is 1.34. The van der Waals surface area contributed by atoms with Gasteiger partial charge < -0.3 is 4.74 Å². The highest BCUT2D eigenvalue weighted by Gasteiger charge is 2.08. The van der Waals surface area contributed by atoms with Gasteiger partial charge in [-0.15, -0.1) is 0 Å². The second-order valence-electron chi connectivity index (χ2n) is 3.39. The summed E-state index contributed by atoms with van der Waals surface area (Å²) in [4.78, 5) is 4.04. The smallest absolute Gasteiger partial charge is 0.137 e. The van der Waals surface area contributed by atoms with E-state index in [0.717, 1.165) is 5.56 Å². The van der Waals surface area contributed by atoms with Crippen LogP contribution < -0.4 is 0 Å². The second-order valence-corrected chi connectivity index (χ2v) is 3.39. The number of halogens is 2. The molecule has 0 unspecified atom stereocenters. The molecule has 0 aliphatic heterocycles. The normalized spacial score (nSPS) is 11.4. The van der Waals surface area contributed by atoms with Crippen LogP contribution >= 0.6 is 0 Å². The van der Waals surface area contributed by atoms with Crippen LogP contribution in [0.5, 0.6) is 0 Å². The van der Waals surface area contributed by atoms with Gasteiger partial charge >= 0.3 is 0 Å². The molecule has 4 heteroatoms. The molecule has 0 bridgehead atoms. The first-order valence-corrected chi connectivity index (χ1v) is 5.29. The number of hydrogen-bond donors (Lipinski definition) is 0. The van der Waals surface area contributed by atoms with Crippen molar-refractivity contribution in [3.8, 4) is 0 Å². The number of benzene rings is 1. The molecule has 0 aromatic heterocycles. The first-order chi connectivity index (χ1) is 8.19. The summed E-state index contributed by atoms with van der Waals surface area (Å²) in [6.45, 7) is 3.56. The Morgan fingerprint density at radius 2 is 2.00 bits per heavy atom. The van der Waals surface area contributed by atoms with Gasteiger partial charge in [0.05, 0.1) is 13.3 Å². The quantitative estimate of drug-likeness (QED) is 0.424. The van der Waals surface area contributed by atoms with Crippen molar-refractivity contribution in [1.82, 2.24) is 0 Å². The van der Waals surface area contributed by atoms with Crippen LogP contribution in [0.1, 0.15) is 12.0 Å². The van der Waals surface area contributed by atoms with Crippen LogP contribution in [0.25, 0.3) is 0 Å². The van der Waals surface area contributed by atoms with Gasteiger partial charge in [0.2, 0.25) is 0 Å². The van der Waals surface area contributed by atoms with Gasteiger partial charge in [0.1, 0.15) is 17.3 Å². The summed E-state index contributed by atoms with van der Waals surface area (Å²) >= 11 is 0. The van der Waals surface area contributed by atoms with Crippen LogP contribution in [0, 0.1) is 5.82 Å². The standard InChI is InChI=1S/C13H15F2NO/c1-10(17-9-3-8-14)13(16-2)11-4-6-12(15)7-5-11/h4-7H,1,3,8-9H2,2H3/b16-13+. The first kappa shape index (κ1) is 13.4. The average Bonchev–Trinajstić information content (AvgIpc) is 2.33. The minimum Gasteiger partial charge on any atom is -0.492 e. The Bertz CT molecular complexity index is 398. The molecule has 0 amide bonds. The summed E-state index contributed by atoms with van der Waals surface area (Å²) in [5, 5.41) is 0. The zero-order chi connectivity index (χ0) is 12.7. The maximum absolute atomic E-state index is 12.8. The third-order valence-corrected chi connectivity index (χ3v) is 2.16. The molecule has 1 aromatic carbocycles. The van der Waals surface area contributed by atoms with E-state index in [1.807, 2.05) is 0 Å². The molecule has 1 aromatic rings. The van der Waals surface area contributed by atoms with Gasteiger partial charge in [-0.25, -0.2) is 4.39 Å². The molecule has 0 atom stereocenters. The molecule has 0 N–H and O–H groups in total. The van der Waals surface area contributed by atoms with E-state index in [0.29, 0.717) is 17.9 Å². The third-order valence-electron chi connectivity index (χ3n) is 2.16. The highest BCUT2D eigenvalue weighted by Crippen LogP contribution is 2.11. The predicted octanol–water partition coefficient (Wildman–Crippen LogP) is 3.13. The molecule has 0 heterocycles. The van der Waals surface area contributed by atoms with Gasteiger partial charge in [0, 0.05) is 19.0 Å². The van der Waals surface area contributed by atoms with Gasteiger partial charge in [-0.1, -0.05) is 6.58 Å². The first-order valence-electron chi connectivity index (χ1n) is 5.29. The molecular weight excluding hydrogens is 224 g/mol. The number of nitrogens with zero attached hydrogens (tertiary/aromatic N) is 1. The lowest BCUT2D eigenvalue weighted by Gasteiger charge is -2.10. The lowest BCUT2D eigenvalue weighted by molar-refractivity contribution is 0.217. The van der Waals surface area contributed by atoms with Crippen molar-refractivity contribution in [3.63, 3.8) is 0 Å². The number of alkyl halides is 1. The van der Waals surface area contributed by atoms with E-state index in [1.165, 1.54) is 12.1 Å². The topological polar surface area (TPSA) is 21.6 Å². The number of rotatable bonds is 6. The zero-order valence-electron chi connectivity index (χ0n) is 9.75. The van der Waals surface area contributed by atoms with Crippen molar-refractivity contribution < 1.29 is 13.5 Å². The fraction of sp³-hybridized carbons (Fsp3) is 0.308. The Labute approximate surface area is 99.6 Å². The summed E-state index contributed by atoms with van der Waals surface area (Å²) in [5.41, 5.74) is 1.27. The molecule has 0 saturated heterocycles. The van der Waals surface area contributed by atoms with Crippen LogP contribution in [-0.2, 0) is 4.74 Å². The van der Waals surface area contributed by atoms with E-state index in [1.54, 1.807) is 19.2 Å². The SMILES string of the molecule is C=C(OCCCF)/C(=N\C)c1ccc(F)cc1. The van der Waals surface area contributed by atoms with Crippen molar-refractivity contribution >= 4 is 5.71 Å². The minimum absolute atomic E-state index is 0.259. The van der Waals surface area contributed by atoms with Gasteiger partial charge in [-0.3, -0.25) is 9.38 Å². The van der Waals surface area contributed by atoms with Crippen LogP contribution in [0.3, 0.4) is 0 Å². The Morgan fingerprint density at radius 1 is 1.35 bits per heavy atom. The highest BCUT2D eigenvalue weighted by atomic mass is 19.1. The Kier molecular flexibility index (Phi) is 5.33. The van der Waals surface area contributed by atoms with Crippen molar-refractivity contribution in [1.29, 1.82) is 0 Å². The number of hydrogen-bond acceptors (Lipinski definition) is 2. The number of ether oxygens (including phenoxy) is 1. The molecule has 0 spiro atoms. The summed E-state index contributed by atoms with van der Waals surface area (Å²) in [6.07, 6.45) is 0.319. The molecule has 92 valence electrons. The Hall–Kier alpha value is -1.71. The third kappa shape index (κ3) is 3.98. The van der Waals surface area contributed by atoms with Crippen LogP contribution in [0.15, 0.2) is 41.6 Å². The van der Waals surface area contributed by atoms with Crippen LogP contribution in [-0.4, -0.2) is 26.0 Å². The lowest BCUT2D eigenvalue weighted by atomic mass is 10.1. The summed E-state index contributed by atoms with van der Waals surface area (Å²) in [6, 6.07) is 5.88. The van der Waals surface area contributed by atoms with Gasteiger partial charge in [0.25, 0.3) is 0 Å². The molecule has 0 aliphatic rings. The van der Waals surface area contributed by atoms with Crippen molar-refractivity contribution in [2.45, 2.75) is 6.42 Å². The van der Waals surface area contributed by atoms with Crippen molar-refractivity contribution in [3.05, 3.63) is 48.0 Å². The highest BCUT2D eigenvalue weighted by molar-refractivity contribution is 6.10. The summed E-state index contributed by atoms with van der Waals surface area (Å²) < 4.78 is 29.9. The van der Waals surface area contributed by atoms with Gasteiger partial charge in [-0.05, 0) is 24.3 Å². The fourth-order valence-corrected chi connectivity index (χ4v) is 1.34. The van der Waals surface area contributed by atoms with E-state index >= 15 is 0 Å². The Balaban J connectivity index is 2.72. The molecule has 2 nitrogen and oxygen atoms in total. The van der Waals surface area contributed by atoms with Crippen molar-refractivity contribution in [2.24, 2.45) is 4.99 Å². The zero-order valence-corrected chi connectivity index (χ0v) is 9.75. The van der Waals surface area contributed by atoms with E-state index in [9.17, 15) is 8.78 Å². The number of allylic oxidation sites excluding steroid dienone is 1. The number of aliphatic imine (C=N–C) groups is 1. The maximum Gasteiger partial charge on any atom is 0.137 e. The monoisotopic (exact) mass is 239 g/mol. The lowest BCUT2D eigenvalue weighted by Crippen LogP contribution is -2.08. The van der Waals surface area contributed by atoms with E-state index < -0.39 is 6.67 Å². The van der Waals surface area contributed by atoms with E-state index in [2.05, 4.69) is 11.6 Å². The molecule has 0 radical (unpaired) electrons. The van der Waals surface area contributed by atoms with Crippen LogP contribution in [0.4, 0.5) is 8.78 Å². The van der Waals surface area contributed by atoms with Crippen molar-refractivity contribution in [2.75, 3.05) is 20.3 Å². The van der Waals surface area contributed by atoms with E-state index in [4.69, 9.17) is 4.74 Å². The van der Waals surface area contributed by atoms with Gasteiger partial charge in [0.15, 0.2) is 0 Å². The maximum atomic E-state index is 12.8. The van der Waals surface area contributed by atoms with E-state index in [-0.39, 0.29) is 12.4 Å². The minimum atomic E-state index is -0.428. The molecular formula is C13H15F2NO. The molecule has 1 rings (SSSR count). The summed E-state index contributed by atoms with van der Waals surface area (Å²) in [5.74, 6) is 0.0562. The molecule has 0 aliphatic carbocycles.